The van der Waals surface area contributed by atoms with Crippen LogP contribution in [0.5, 0.6) is 0 Å². The Morgan fingerprint density at radius 3 is 2.60 bits per heavy atom. The van der Waals surface area contributed by atoms with Crippen LogP contribution in [0.15, 0.2) is 28.7 Å². The Hall–Kier alpha value is -1.42. The van der Waals surface area contributed by atoms with Crippen LogP contribution < -0.4 is 15.5 Å². The molecule has 2 aromatic heterocycles. The quantitative estimate of drug-likeness (QED) is 0.383. The lowest BCUT2D eigenvalue weighted by Gasteiger charge is -2.14. The van der Waals surface area contributed by atoms with Crippen molar-refractivity contribution in [1.29, 1.82) is 0 Å². The monoisotopic (exact) mass is 474 g/mol. The number of nitrogens with one attached hydrogen (secondary N) is 2. The molecule has 2 N–H and O–H groups in total. The molecule has 0 fully saturated rings. The maximum atomic E-state index is 4.62. The summed E-state index contributed by atoms with van der Waals surface area (Å²) in [6.07, 6.45) is 1.82. The highest BCUT2D eigenvalue weighted by Gasteiger charge is 2.06. The Morgan fingerprint density at radius 1 is 1.28 bits per heavy atom. The predicted molar refractivity (Wildman–Crippen MR) is 117 cm³/mol. The average molecular weight is 474 g/mol. The van der Waals surface area contributed by atoms with Gasteiger partial charge in [-0.3, -0.25) is 4.99 Å². The zero-order valence-electron chi connectivity index (χ0n) is 15.4. The number of nitrogens with zero attached hydrogens (tertiary/aromatic N) is 4. The Balaban J connectivity index is 0.00000312. The van der Waals surface area contributed by atoms with Crippen molar-refractivity contribution >= 4 is 47.1 Å². The molecular formula is C17H27IN6S. The predicted octanol–water partition coefficient (Wildman–Crippen LogP) is 3.21. The second kappa shape index (κ2) is 10.5. The molecule has 6 nitrogen and oxygen atoms in total. The van der Waals surface area contributed by atoms with Crippen LogP contribution in [0.25, 0.3) is 0 Å². The Kier molecular flexibility index (Phi) is 9.12. The largest absolute Gasteiger partial charge is 0.363 e. The van der Waals surface area contributed by atoms with Crippen molar-refractivity contribution in [2.24, 2.45) is 4.99 Å². The van der Waals surface area contributed by atoms with Crippen molar-refractivity contribution in [3.63, 3.8) is 0 Å². The fourth-order valence-corrected chi connectivity index (χ4v) is 2.95. The van der Waals surface area contributed by atoms with E-state index in [2.05, 4.69) is 50.9 Å². The molecule has 0 aliphatic rings. The van der Waals surface area contributed by atoms with Crippen LogP contribution in [-0.2, 0) is 13.1 Å². The standard InChI is InChI=1S/C17H26N6S.HI/c1-12(2)14-11-24-16(22-14)10-21-17(18-3)20-9-13-6-7-19-15(8-13)23(4)5;/h6-8,11-12H,9-10H2,1-5H3,(H2,18,20,21);1H. The van der Waals surface area contributed by atoms with Gasteiger partial charge in [0.2, 0.25) is 0 Å². The number of rotatable bonds is 6. The van der Waals surface area contributed by atoms with Gasteiger partial charge in [0.15, 0.2) is 5.96 Å². The van der Waals surface area contributed by atoms with E-state index in [-0.39, 0.29) is 24.0 Å². The second-order valence-electron chi connectivity index (χ2n) is 6.02. The van der Waals surface area contributed by atoms with E-state index in [1.807, 2.05) is 31.3 Å². The second-order valence-corrected chi connectivity index (χ2v) is 6.96. The molecule has 25 heavy (non-hydrogen) atoms. The highest BCUT2D eigenvalue weighted by molar-refractivity contribution is 14.0. The molecule has 2 aromatic rings. The van der Waals surface area contributed by atoms with Crippen molar-refractivity contribution in [3.05, 3.63) is 40.0 Å². The minimum Gasteiger partial charge on any atom is -0.363 e. The van der Waals surface area contributed by atoms with Crippen LogP contribution in [0.3, 0.4) is 0 Å². The van der Waals surface area contributed by atoms with Crippen LogP contribution in [-0.4, -0.2) is 37.1 Å². The molecule has 0 aliphatic heterocycles. The normalized spacial score (nSPS) is 11.2. The number of hydrogen-bond acceptors (Lipinski definition) is 5. The van der Waals surface area contributed by atoms with Crippen LogP contribution in [0.2, 0.25) is 0 Å². The lowest BCUT2D eigenvalue weighted by Crippen LogP contribution is -2.36. The van der Waals surface area contributed by atoms with Gasteiger partial charge < -0.3 is 15.5 Å². The first kappa shape index (κ1) is 21.6. The van der Waals surface area contributed by atoms with E-state index in [9.17, 15) is 0 Å². The van der Waals surface area contributed by atoms with E-state index in [1.165, 1.54) is 0 Å². The molecule has 0 saturated carbocycles. The Labute approximate surface area is 171 Å². The lowest BCUT2D eigenvalue weighted by atomic mass is 10.2. The summed E-state index contributed by atoms with van der Waals surface area (Å²) < 4.78 is 0. The summed E-state index contributed by atoms with van der Waals surface area (Å²) in [4.78, 5) is 15.2. The van der Waals surface area contributed by atoms with E-state index >= 15 is 0 Å². The van der Waals surface area contributed by atoms with Gasteiger partial charge in [0.05, 0.1) is 12.2 Å². The number of hydrogen-bond donors (Lipinski definition) is 2. The number of halogens is 1. The number of guanidine groups is 1. The zero-order valence-corrected chi connectivity index (χ0v) is 18.6. The Bertz CT molecular complexity index is 683. The highest BCUT2D eigenvalue weighted by atomic mass is 127. The summed E-state index contributed by atoms with van der Waals surface area (Å²) >= 11 is 1.68. The molecule has 0 saturated heterocycles. The molecule has 138 valence electrons. The van der Waals surface area contributed by atoms with E-state index in [4.69, 9.17) is 0 Å². The summed E-state index contributed by atoms with van der Waals surface area (Å²) in [5.41, 5.74) is 2.31. The van der Waals surface area contributed by atoms with Gasteiger partial charge in [-0.2, -0.15) is 0 Å². The fraction of sp³-hybridized carbons (Fsp3) is 0.471. The molecule has 0 spiro atoms. The van der Waals surface area contributed by atoms with Gasteiger partial charge in [-0.25, -0.2) is 9.97 Å². The summed E-state index contributed by atoms with van der Waals surface area (Å²) in [5.74, 6) is 2.17. The van der Waals surface area contributed by atoms with Crippen LogP contribution in [0.4, 0.5) is 5.82 Å². The van der Waals surface area contributed by atoms with Gasteiger partial charge in [-0.1, -0.05) is 13.8 Å². The number of pyridine rings is 1. The minimum atomic E-state index is 0. The van der Waals surface area contributed by atoms with Gasteiger partial charge in [0, 0.05) is 39.3 Å². The van der Waals surface area contributed by atoms with Crippen molar-refractivity contribution in [2.75, 3.05) is 26.0 Å². The molecule has 0 unspecified atom stereocenters. The Morgan fingerprint density at radius 2 is 2.00 bits per heavy atom. The number of anilines is 1. The van der Waals surface area contributed by atoms with Crippen molar-refractivity contribution in [3.8, 4) is 0 Å². The van der Waals surface area contributed by atoms with Crippen LogP contribution >= 0.6 is 35.3 Å². The summed E-state index contributed by atoms with van der Waals surface area (Å²) in [6, 6.07) is 4.07. The van der Waals surface area contributed by atoms with Gasteiger partial charge in [-0.05, 0) is 23.6 Å². The molecule has 0 aliphatic carbocycles. The summed E-state index contributed by atoms with van der Waals surface area (Å²) in [7, 11) is 5.74. The van der Waals surface area contributed by atoms with Crippen LogP contribution in [0.1, 0.15) is 36.0 Å². The topological polar surface area (TPSA) is 65.4 Å². The minimum absolute atomic E-state index is 0. The number of thiazole rings is 1. The first-order valence-electron chi connectivity index (χ1n) is 8.00. The van der Waals surface area contributed by atoms with Crippen molar-refractivity contribution < 1.29 is 0 Å². The first-order valence-corrected chi connectivity index (χ1v) is 8.88. The maximum absolute atomic E-state index is 4.62. The summed E-state index contributed by atoms with van der Waals surface area (Å²) in [5, 5.41) is 9.82. The third-order valence-corrected chi connectivity index (χ3v) is 4.39. The third-order valence-electron chi connectivity index (χ3n) is 3.52. The van der Waals surface area contributed by atoms with E-state index in [0.29, 0.717) is 19.0 Å². The molecular weight excluding hydrogens is 447 g/mol. The van der Waals surface area contributed by atoms with Gasteiger partial charge in [0.25, 0.3) is 0 Å². The molecule has 0 amide bonds. The zero-order chi connectivity index (χ0) is 17.5. The lowest BCUT2D eigenvalue weighted by molar-refractivity contribution is 0.784. The van der Waals surface area contributed by atoms with E-state index in [1.54, 1.807) is 18.4 Å². The van der Waals surface area contributed by atoms with Gasteiger partial charge in [-0.15, -0.1) is 35.3 Å². The van der Waals surface area contributed by atoms with Crippen molar-refractivity contribution in [2.45, 2.75) is 32.9 Å². The third kappa shape index (κ3) is 6.77. The number of aliphatic imine (C=N–C) groups is 1. The molecule has 8 heteroatoms. The SMILES string of the molecule is CN=C(NCc1ccnc(N(C)C)c1)NCc1nc(C(C)C)cs1.I. The molecule has 0 atom stereocenters. The fourth-order valence-electron chi connectivity index (χ4n) is 2.05. The molecule has 0 radical (unpaired) electrons. The average Bonchev–Trinajstić information content (AvgIpc) is 3.04. The smallest absolute Gasteiger partial charge is 0.191 e. The number of aromatic nitrogens is 2. The molecule has 0 bridgehead atoms. The van der Waals surface area contributed by atoms with E-state index in [0.717, 1.165) is 28.0 Å². The van der Waals surface area contributed by atoms with Crippen molar-refractivity contribution in [1.82, 2.24) is 20.6 Å². The maximum Gasteiger partial charge on any atom is 0.191 e. The van der Waals surface area contributed by atoms with Gasteiger partial charge >= 0.3 is 0 Å². The van der Waals surface area contributed by atoms with E-state index < -0.39 is 0 Å². The highest BCUT2D eigenvalue weighted by Crippen LogP contribution is 2.17. The molecule has 2 heterocycles. The molecule has 0 aromatic carbocycles. The van der Waals surface area contributed by atoms with Gasteiger partial charge in [0.1, 0.15) is 10.8 Å². The first-order chi connectivity index (χ1) is 11.5. The summed E-state index contributed by atoms with van der Waals surface area (Å²) in [6.45, 7) is 5.68. The van der Waals surface area contributed by atoms with Crippen LogP contribution in [0, 0.1) is 0 Å². The molecule has 2 rings (SSSR count).